The van der Waals surface area contributed by atoms with Crippen molar-refractivity contribution < 1.29 is 9.90 Å². The Morgan fingerprint density at radius 2 is 1.81 bits per heavy atom. The Hall–Kier alpha value is -1.84. The van der Waals surface area contributed by atoms with Crippen LogP contribution in [0, 0.1) is 0 Å². The standard InChI is InChI=1S/C17H18ClNO2/c1-17(21,13-7-9-14(18)10-8-13)11-12-5-3-4-6-15(12)16(20)19-2/h3-10,21H,11H2,1-2H3,(H,19,20). The molecule has 0 saturated carbocycles. The lowest BCUT2D eigenvalue weighted by molar-refractivity contribution is 0.0573. The lowest BCUT2D eigenvalue weighted by Gasteiger charge is -2.25. The van der Waals surface area contributed by atoms with E-state index in [1.807, 2.05) is 18.2 Å². The zero-order chi connectivity index (χ0) is 15.5. The maximum atomic E-state index is 11.9. The summed E-state index contributed by atoms with van der Waals surface area (Å²) in [7, 11) is 1.59. The predicted octanol–water partition coefficient (Wildman–Crippen LogP) is 3.15. The zero-order valence-electron chi connectivity index (χ0n) is 12.1. The quantitative estimate of drug-likeness (QED) is 0.911. The summed E-state index contributed by atoms with van der Waals surface area (Å²) < 4.78 is 0. The van der Waals surface area contributed by atoms with Gasteiger partial charge in [0.25, 0.3) is 5.91 Å². The minimum absolute atomic E-state index is 0.155. The van der Waals surface area contributed by atoms with E-state index in [1.54, 1.807) is 44.3 Å². The first-order chi connectivity index (χ1) is 9.94. The molecule has 0 saturated heterocycles. The van der Waals surface area contributed by atoms with Crippen molar-refractivity contribution in [2.45, 2.75) is 18.9 Å². The first-order valence-electron chi connectivity index (χ1n) is 6.72. The van der Waals surface area contributed by atoms with E-state index < -0.39 is 5.60 Å². The van der Waals surface area contributed by atoms with Gasteiger partial charge in [0.15, 0.2) is 0 Å². The van der Waals surface area contributed by atoms with Crippen LogP contribution in [-0.4, -0.2) is 18.1 Å². The summed E-state index contributed by atoms with van der Waals surface area (Å²) in [5, 5.41) is 14.0. The molecule has 110 valence electrons. The Kier molecular flexibility index (Phi) is 4.66. The van der Waals surface area contributed by atoms with Crippen LogP contribution in [0.5, 0.6) is 0 Å². The van der Waals surface area contributed by atoms with Gasteiger partial charge in [0.2, 0.25) is 0 Å². The smallest absolute Gasteiger partial charge is 0.251 e. The van der Waals surface area contributed by atoms with Gasteiger partial charge >= 0.3 is 0 Å². The first-order valence-corrected chi connectivity index (χ1v) is 7.10. The van der Waals surface area contributed by atoms with Crippen molar-refractivity contribution in [1.29, 1.82) is 0 Å². The number of rotatable bonds is 4. The fourth-order valence-corrected chi connectivity index (χ4v) is 2.44. The molecule has 21 heavy (non-hydrogen) atoms. The topological polar surface area (TPSA) is 49.3 Å². The van der Waals surface area contributed by atoms with Crippen LogP contribution in [0.4, 0.5) is 0 Å². The van der Waals surface area contributed by atoms with Crippen molar-refractivity contribution in [2.24, 2.45) is 0 Å². The molecule has 2 rings (SSSR count). The Morgan fingerprint density at radius 1 is 1.19 bits per heavy atom. The molecule has 2 aromatic carbocycles. The number of nitrogens with one attached hydrogen (secondary N) is 1. The Morgan fingerprint density at radius 3 is 2.43 bits per heavy atom. The van der Waals surface area contributed by atoms with E-state index in [-0.39, 0.29) is 5.91 Å². The molecule has 0 aliphatic heterocycles. The van der Waals surface area contributed by atoms with Crippen molar-refractivity contribution in [3.8, 4) is 0 Å². The van der Waals surface area contributed by atoms with Gasteiger partial charge in [-0.05, 0) is 36.2 Å². The van der Waals surface area contributed by atoms with Crippen LogP contribution in [0.2, 0.25) is 5.02 Å². The van der Waals surface area contributed by atoms with Gasteiger partial charge < -0.3 is 10.4 Å². The molecule has 0 aromatic heterocycles. The van der Waals surface area contributed by atoms with Gasteiger partial charge in [-0.25, -0.2) is 0 Å². The molecule has 0 fully saturated rings. The highest BCUT2D eigenvalue weighted by molar-refractivity contribution is 6.30. The molecule has 2 aromatic rings. The maximum absolute atomic E-state index is 11.9. The van der Waals surface area contributed by atoms with Crippen LogP contribution in [-0.2, 0) is 12.0 Å². The summed E-state index contributed by atoms with van der Waals surface area (Å²) in [5.74, 6) is -0.155. The number of carbonyl (C=O) groups is 1. The second-order valence-electron chi connectivity index (χ2n) is 5.19. The zero-order valence-corrected chi connectivity index (χ0v) is 12.8. The number of hydrogen-bond donors (Lipinski definition) is 2. The molecule has 0 aliphatic carbocycles. The van der Waals surface area contributed by atoms with E-state index >= 15 is 0 Å². The van der Waals surface area contributed by atoms with E-state index in [0.717, 1.165) is 11.1 Å². The van der Waals surface area contributed by atoms with Crippen LogP contribution in [0.25, 0.3) is 0 Å². The molecule has 0 radical (unpaired) electrons. The second-order valence-corrected chi connectivity index (χ2v) is 5.63. The van der Waals surface area contributed by atoms with Gasteiger partial charge in [0, 0.05) is 24.1 Å². The van der Waals surface area contributed by atoms with Crippen LogP contribution in [0.15, 0.2) is 48.5 Å². The van der Waals surface area contributed by atoms with Crippen molar-refractivity contribution >= 4 is 17.5 Å². The molecular weight excluding hydrogens is 286 g/mol. The van der Waals surface area contributed by atoms with Gasteiger partial charge in [0.05, 0.1) is 5.60 Å². The number of benzene rings is 2. The summed E-state index contributed by atoms with van der Waals surface area (Å²) in [4.78, 5) is 11.9. The minimum Gasteiger partial charge on any atom is -0.385 e. The number of hydrogen-bond acceptors (Lipinski definition) is 2. The number of halogens is 1. The molecule has 3 nitrogen and oxygen atoms in total. The van der Waals surface area contributed by atoms with E-state index in [1.165, 1.54) is 0 Å². The highest BCUT2D eigenvalue weighted by Gasteiger charge is 2.25. The van der Waals surface area contributed by atoms with Gasteiger partial charge in [0.1, 0.15) is 0 Å². The lowest BCUT2D eigenvalue weighted by atomic mass is 9.87. The van der Waals surface area contributed by atoms with Gasteiger partial charge in [-0.15, -0.1) is 0 Å². The Labute approximate surface area is 129 Å². The third-order valence-electron chi connectivity index (χ3n) is 3.49. The fraction of sp³-hybridized carbons (Fsp3) is 0.235. The molecule has 1 atom stereocenters. The average molecular weight is 304 g/mol. The molecule has 2 N–H and O–H groups in total. The third-order valence-corrected chi connectivity index (χ3v) is 3.74. The van der Waals surface area contributed by atoms with Crippen molar-refractivity contribution in [3.63, 3.8) is 0 Å². The van der Waals surface area contributed by atoms with E-state index in [2.05, 4.69) is 5.32 Å². The van der Waals surface area contributed by atoms with Crippen LogP contribution >= 0.6 is 11.6 Å². The average Bonchev–Trinajstić information content (AvgIpc) is 2.47. The van der Waals surface area contributed by atoms with Gasteiger partial charge in [-0.3, -0.25) is 4.79 Å². The van der Waals surface area contributed by atoms with Crippen molar-refractivity contribution in [3.05, 3.63) is 70.2 Å². The van der Waals surface area contributed by atoms with Crippen LogP contribution in [0.1, 0.15) is 28.4 Å². The summed E-state index contributed by atoms with van der Waals surface area (Å²) in [6, 6.07) is 14.4. The molecule has 0 aliphatic rings. The summed E-state index contributed by atoms with van der Waals surface area (Å²) in [6.45, 7) is 1.73. The first kappa shape index (κ1) is 15.5. The third kappa shape index (κ3) is 3.63. The SMILES string of the molecule is CNC(=O)c1ccccc1CC(C)(O)c1ccc(Cl)cc1. The molecule has 0 heterocycles. The van der Waals surface area contributed by atoms with Crippen molar-refractivity contribution in [2.75, 3.05) is 7.05 Å². The van der Waals surface area contributed by atoms with E-state index in [9.17, 15) is 9.90 Å². The Balaban J connectivity index is 2.32. The predicted molar refractivity (Wildman–Crippen MR) is 84.6 cm³/mol. The molecule has 0 bridgehead atoms. The highest BCUT2D eigenvalue weighted by Crippen LogP contribution is 2.27. The fourth-order valence-electron chi connectivity index (χ4n) is 2.31. The summed E-state index contributed by atoms with van der Waals surface area (Å²) in [5.41, 5.74) is 1.07. The monoisotopic (exact) mass is 303 g/mol. The highest BCUT2D eigenvalue weighted by atomic mass is 35.5. The summed E-state index contributed by atoms with van der Waals surface area (Å²) in [6.07, 6.45) is 0.345. The lowest BCUT2D eigenvalue weighted by Crippen LogP contribution is -2.27. The molecule has 0 spiro atoms. The molecular formula is C17H18ClNO2. The molecule has 4 heteroatoms. The van der Waals surface area contributed by atoms with Gasteiger partial charge in [-0.1, -0.05) is 41.9 Å². The number of carbonyl (C=O) groups excluding carboxylic acids is 1. The van der Waals surface area contributed by atoms with Crippen LogP contribution in [0.3, 0.4) is 0 Å². The van der Waals surface area contributed by atoms with Gasteiger partial charge in [-0.2, -0.15) is 0 Å². The van der Waals surface area contributed by atoms with E-state index in [4.69, 9.17) is 11.6 Å². The minimum atomic E-state index is -1.07. The number of aliphatic hydroxyl groups is 1. The van der Waals surface area contributed by atoms with Crippen LogP contribution < -0.4 is 5.32 Å². The van der Waals surface area contributed by atoms with Crippen molar-refractivity contribution in [1.82, 2.24) is 5.32 Å². The largest absolute Gasteiger partial charge is 0.385 e. The number of amides is 1. The second kappa shape index (κ2) is 6.29. The summed E-state index contributed by atoms with van der Waals surface area (Å²) >= 11 is 5.87. The van der Waals surface area contributed by atoms with E-state index in [0.29, 0.717) is 17.0 Å². The maximum Gasteiger partial charge on any atom is 0.251 e. The normalized spacial score (nSPS) is 13.5. The molecule has 1 unspecified atom stereocenters. The molecule has 1 amide bonds. The Bertz CT molecular complexity index is 635.